The molecule has 0 aliphatic carbocycles. The van der Waals surface area contributed by atoms with E-state index >= 15 is 0 Å². The third-order valence-corrected chi connectivity index (χ3v) is 4.35. The van der Waals surface area contributed by atoms with Gasteiger partial charge in [-0.3, -0.25) is 9.67 Å². The molecule has 1 heterocycles. The number of hydrogen-bond donors (Lipinski definition) is 2. The Kier molecular flexibility index (Phi) is 6.74. The van der Waals surface area contributed by atoms with Crippen molar-refractivity contribution >= 4 is 5.96 Å². The van der Waals surface area contributed by atoms with E-state index in [1.807, 2.05) is 25.1 Å². The lowest BCUT2D eigenvalue weighted by Crippen LogP contribution is -2.52. The average molecular weight is 358 g/mol. The Labute approximate surface area is 156 Å². The first-order valence-corrected chi connectivity index (χ1v) is 8.89. The van der Waals surface area contributed by atoms with Crippen molar-refractivity contribution in [3.8, 4) is 0 Å². The Morgan fingerprint density at radius 1 is 1.31 bits per heavy atom. The summed E-state index contributed by atoms with van der Waals surface area (Å²) in [4.78, 5) is 10.7. The van der Waals surface area contributed by atoms with Gasteiger partial charge in [0, 0.05) is 39.3 Å². The summed E-state index contributed by atoms with van der Waals surface area (Å²) in [6.07, 6.45) is 1.57. The minimum absolute atomic E-state index is 0.100. The molecule has 2 N–H and O–H groups in total. The molecular weight excluding hydrogens is 326 g/mol. The Morgan fingerprint density at radius 3 is 2.58 bits per heavy atom. The maximum Gasteiger partial charge on any atom is 0.193 e. The standard InChI is InChI=1S/C19H31N7/c1-15(16-10-8-7-9-11-16)24-19(2,3)13-21-18(20-4)25(5)12-17-22-14-23-26(17)6/h7-11,14-15,24H,12-13H2,1-6H3,(H,20,21). The molecule has 1 unspecified atom stereocenters. The fourth-order valence-electron chi connectivity index (χ4n) is 2.90. The minimum Gasteiger partial charge on any atom is -0.354 e. The predicted molar refractivity (Wildman–Crippen MR) is 106 cm³/mol. The summed E-state index contributed by atoms with van der Waals surface area (Å²) in [6.45, 7) is 7.96. The van der Waals surface area contributed by atoms with Crippen molar-refractivity contribution in [1.29, 1.82) is 0 Å². The Bertz CT molecular complexity index is 706. The summed E-state index contributed by atoms with van der Waals surface area (Å²) >= 11 is 0. The van der Waals surface area contributed by atoms with Crippen LogP contribution in [0.3, 0.4) is 0 Å². The van der Waals surface area contributed by atoms with Gasteiger partial charge in [0.05, 0.1) is 6.54 Å². The van der Waals surface area contributed by atoms with E-state index in [4.69, 9.17) is 0 Å². The molecule has 0 bridgehead atoms. The summed E-state index contributed by atoms with van der Waals surface area (Å²) in [5.74, 6) is 1.72. The van der Waals surface area contributed by atoms with Gasteiger partial charge in [-0.15, -0.1) is 0 Å². The molecule has 1 aromatic carbocycles. The van der Waals surface area contributed by atoms with Crippen molar-refractivity contribution in [3.05, 3.63) is 48.0 Å². The molecule has 26 heavy (non-hydrogen) atoms. The fourth-order valence-corrected chi connectivity index (χ4v) is 2.90. The molecule has 0 aliphatic heterocycles. The molecule has 0 saturated carbocycles. The molecule has 1 aromatic heterocycles. The smallest absolute Gasteiger partial charge is 0.193 e. The molecule has 0 radical (unpaired) electrons. The predicted octanol–water partition coefficient (Wildman–Crippen LogP) is 1.95. The van der Waals surface area contributed by atoms with Crippen LogP contribution in [0.25, 0.3) is 0 Å². The molecule has 0 fully saturated rings. The molecule has 0 spiro atoms. The van der Waals surface area contributed by atoms with E-state index < -0.39 is 0 Å². The summed E-state index contributed by atoms with van der Waals surface area (Å²) in [7, 11) is 5.68. The fraction of sp³-hybridized carbons (Fsp3) is 0.526. The van der Waals surface area contributed by atoms with Crippen LogP contribution in [0.2, 0.25) is 0 Å². The van der Waals surface area contributed by atoms with Crippen LogP contribution in [0.4, 0.5) is 0 Å². The topological polar surface area (TPSA) is 70.4 Å². The zero-order valence-corrected chi connectivity index (χ0v) is 16.7. The van der Waals surface area contributed by atoms with Crippen LogP contribution >= 0.6 is 0 Å². The van der Waals surface area contributed by atoms with Gasteiger partial charge in [0.1, 0.15) is 12.2 Å². The molecule has 0 aliphatic rings. The molecular formula is C19H31N7. The van der Waals surface area contributed by atoms with Crippen LogP contribution in [0, 0.1) is 0 Å². The van der Waals surface area contributed by atoms with Crippen molar-refractivity contribution in [1.82, 2.24) is 30.3 Å². The maximum absolute atomic E-state index is 4.38. The van der Waals surface area contributed by atoms with Gasteiger partial charge in [-0.25, -0.2) is 4.98 Å². The molecule has 0 saturated heterocycles. The lowest BCUT2D eigenvalue weighted by molar-refractivity contribution is 0.338. The number of rotatable bonds is 7. The van der Waals surface area contributed by atoms with Gasteiger partial charge in [-0.05, 0) is 26.3 Å². The maximum atomic E-state index is 4.38. The molecule has 7 nitrogen and oxygen atoms in total. The number of nitrogens with zero attached hydrogens (tertiary/aromatic N) is 5. The normalized spacial score (nSPS) is 13.5. The third kappa shape index (κ3) is 5.56. The SMILES string of the molecule is CN=C(NCC(C)(C)NC(C)c1ccccc1)N(C)Cc1ncnn1C. The van der Waals surface area contributed by atoms with Gasteiger partial charge in [0.25, 0.3) is 0 Å². The molecule has 1 atom stereocenters. The van der Waals surface area contributed by atoms with Gasteiger partial charge < -0.3 is 15.5 Å². The highest BCUT2D eigenvalue weighted by Crippen LogP contribution is 2.15. The number of hydrogen-bond acceptors (Lipinski definition) is 4. The first kappa shape index (κ1) is 19.9. The van der Waals surface area contributed by atoms with E-state index in [-0.39, 0.29) is 11.6 Å². The van der Waals surface area contributed by atoms with Gasteiger partial charge in [-0.2, -0.15) is 5.10 Å². The quantitative estimate of drug-likeness (QED) is 0.585. The van der Waals surface area contributed by atoms with E-state index in [9.17, 15) is 0 Å². The van der Waals surface area contributed by atoms with E-state index in [1.165, 1.54) is 5.56 Å². The summed E-state index contributed by atoms with van der Waals surface area (Å²) in [5, 5.41) is 11.2. The number of aryl methyl sites for hydroxylation is 1. The van der Waals surface area contributed by atoms with Crippen molar-refractivity contribution in [3.63, 3.8) is 0 Å². The third-order valence-electron chi connectivity index (χ3n) is 4.35. The number of guanidine groups is 1. The Morgan fingerprint density at radius 2 is 2.00 bits per heavy atom. The highest BCUT2D eigenvalue weighted by Gasteiger charge is 2.22. The van der Waals surface area contributed by atoms with Gasteiger partial charge in [0.2, 0.25) is 0 Å². The second-order valence-electron chi connectivity index (χ2n) is 7.22. The highest BCUT2D eigenvalue weighted by atomic mass is 15.4. The van der Waals surface area contributed by atoms with Crippen LogP contribution in [-0.4, -0.2) is 51.8 Å². The van der Waals surface area contributed by atoms with Crippen LogP contribution in [-0.2, 0) is 13.6 Å². The van der Waals surface area contributed by atoms with Crippen LogP contribution in [0.1, 0.15) is 38.2 Å². The average Bonchev–Trinajstić information content (AvgIpc) is 3.00. The number of nitrogens with one attached hydrogen (secondary N) is 2. The molecule has 0 amide bonds. The summed E-state index contributed by atoms with van der Waals surface area (Å²) < 4.78 is 1.77. The number of aliphatic imine (C=N–C) groups is 1. The van der Waals surface area contributed by atoms with Gasteiger partial charge in [-0.1, -0.05) is 30.3 Å². The first-order valence-electron chi connectivity index (χ1n) is 8.89. The molecule has 2 aromatic rings. The van der Waals surface area contributed by atoms with Crippen molar-refractivity contribution < 1.29 is 0 Å². The molecule has 2 rings (SSSR count). The van der Waals surface area contributed by atoms with E-state index in [0.717, 1.165) is 18.3 Å². The highest BCUT2D eigenvalue weighted by molar-refractivity contribution is 5.79. The van der Waals surface area contributed by atoms with Crippen LogP contribution in [0.5, 0.6) is 0 Å². The van der Waals surface area contributed by atoms with E-state index in [2.05, 4.69) is 70.7 Å². The van der Waals surface area contributed by atoms with E-state index in [1.54, 1.807) is 18.1 Å². The summed E-state index contributed by atoms with van der Waals surface area (Å²) in [5.41, 5.74) is 1.18. The summed E-state index contributed by atoms with van der Waals surface area (Å²) in [6, 6.07) is 10.7. The van der Waals surface area contributed by atoms with E-state index in [0.29, 0.717) is 6.54 Å². The van der Waals surface area contributed by atoms with Gasteiger partial charge >= 0.3 is 0 Å². The second kappa shape index (κ2) is 8.80. The van der Waals surface area contributed by atoms with Gasteiger partial charge in [0.15, 0.2) is 5.96 Å². The molecule has 142 valence electrons. The van der Waals surface area contributed by atoms with Crippen molar-refractivity contribution in [2.45, 2.75) is 38.9 Å². The Balaban J connectivity index is 1.90. The number of benzene rings is 1. The second-order valence-corrected chi connectivity index (χ2v) is 7.22. The molecule has 7 heteroatoms. The zero-order chi connectivity index (χ0) is 19.2. The van der Waals surface area contributed by atoms with Crippen LogP contribution < -0.4 is 10.6 Å². The first-order chi connectivity index (χ1) is 12.3. The van der Waals surface area contributed by atoms with Crippen LogP contribution in [0.15, 0.2) is 41.7 Å². The monoisotopic (exact) mass is 357 g/mol. The van der Waals surface area contributed by atoms with Crippen molar-refractivity contribution in [2.75, 3.05) is 20.6 Å². The minimum atomic E-state index is -0.100. The number of aromatic nitrogens is 3. The Hall–Kier alpha value is -2.41. The van der Waals surface area contributed by atoms with Crippen molar-refractivity contribution in [2.24, 2.45) is 12.0 Å². The zero-order valence-electron chi connectivity index (χ0n) is 16.7. The lowest BCUT2D eigenvalue weighted by atomic mass is 10.0. The largest absolute Gasteiger partial charge is 0.354 e. The lowest BCUT2D eigenvalue weighted by Gasteiger charge is -2.32.